The maximum Gasteiger partial charge on any atom is 0.303 e. The van der Waals surface area contributed by atoms with Gasteiger partial charge in [0.15, 0.2) is 5.78 Å². The molecule has 174 valence electrons. The molecule has 0 N–H and O–H groups in total. The molecule has 0 aromatic rings. The van der Waals surface area contributed by atoms with Crippen LogP contribution in [0.1, 0.15) is 53.4 Å². The van der Waals surface area contributed by atoms with Crippen molar-refractivity contribution in [2.45, 2.75) is 73.0 Å². The maximum absolute atomic E-state index is 12.0. The second-order valence-electron chi connectivity index (χ2n) is 11.6. The second kappa shape index (κ2) is 7.86. The SMILES string of the molecule is CC(=O)OCC(O[Si](C)(C)C)=C1[C@H](C)CC2C3CC=C4CC(=O)C=C[C@]4(C)C3=CC[C@]12C. The Bertz CT molecular complexity index is 963. The van der Waals surface area contributed by atoms with E-state index < -0.39 is 8.32 Å². The molecule has 4 rings (SSSR count). The van der Waals surface area contributed by atoms with Crippen molar-refractivity contribution in [3.8, 4) is 0 Å². The smallest absolute Gasteiger partial charge is 0.303 e. The highest BCUT2D eigenvalue weighted by atomic mass is 28.4. The Balaban J connectivity index is 1.76. The molecular formula is C27H38O4Si. The van der Waals surface area contributed by atoms with E-state index in [-0.39, 0.29) is 29.2 Å². The molecule has 0 aromatic carbocycles. The van der Waals surface area contributed by atoms with Crippen molar-refractivity contribution in [3.63, 3.8) is 0 Å². The van der Waals surface area contributed by atoms with Crippen LogP contribution in [0.5, 0.6) is 0 Å². The lowest BCUT2D eigenvalue weighted by Crippen LogP contribution is -2.42. The van der Waals surface area contributed by atoms with Gasteiger partial charge in [0.25, 0.3) is 0 Å². The number of carbonyl (C=O) groups excluding carboxylic acids is 2. The van der Waals surface area contributed by atoms with Crippen LogP contribution >= 0.6 is 0 Å². The minimum absolute atomic E-state index is 0.00137. The molecule has 5 heteroatoms. The Morgan fingerprint density at radius 3 is 2.59 bits per heavy atom. The molecule has 5 atom stereocenters. The molecule has 0 saturated heterocycles. The summed E-state index contributed by atoms with van der Waals surface area (Å²) in [5.41, 5.74) is 4.01. The van der Waals surface area contributed by atoms with Gasteiger partial charge in [0.05, 0.1) is 0 Å². The molecule has 1 saturated carbocycles. The van der Waals surface area contributed by atoms with Crippen molar-refractivity contribution in [3.05, 3.63) is 46.8 Å². The third kappa shape index (κ3) is 3.87. The topological polar surface area (TPSA) is 52.6 Å². The summed E-state index contributed by atoms with van der Waals surface area (Å²) >= 11 is 0. The number of rotatable bonds is 4. The van der Waals surface area contributed by atoms with Gasteiger partial charge in [-0.3, -0.25) is 9.59 Å². The molecule has 0 aliphatic heterocycles. The van der Waals surface area contributed by atoms with E-state index in [0.717, 1.165) is 25.0 Å². The van der Waals surface area contributed by atoms with E-state index in [1.165, 1.54) is 23.6 Å². The van der Waals surface area contributed by atoms with Crippen LogP contribution in [0.2, 0.25) is 19.6 Å². The Kier molecular flexibility index (Phi) is 5.72. The Morgan fingerprint density at radius 1 is 1.22 bits per heavy atom. The van der Waals surface area contributed by atoms with Crippen LogP contribution in [0.3, 0.4) is 0 Å². The van der Waals surface area contributed by atoms with Crippen molar-refractivity contribution in [2.75, 3.05) is 6.61 Å². The quantitative estimate of drug-likeness (QED) is 0.222. The first-order valence-corrected chi connectivity index (χ1v) is 15.4. The van der Waals surface area contributed by atoms with Crippen LogP contribution in [-0.4, -0.2) is 26.7 Å². The predicted octanol–water partition coefficient (Wildman–Crippen LogP) is 6.13. The van der Waals surface area contributed by atoms with Gasteiger partial charge in [-0.25, -0.2) is 0 Å². The molecule has 0 radical (unpaired) electrons. The Labute approximate surface area is 194 Å². The van der Waals surface area contributed by atoms with Crippen molar-refractivity contribution in [1.82, 2.24) is 0 Å². The lowest BCUT2D eigenvalue weighted by atomic mass is 9.53. The summed E-state index contributed by atoms with van der Waals surface area (Å²) in [6, 6.07) is 0. The van der Waals surface area contributed by atoms with E-state index in [9.17, 15) is 9.59 Å². The third-order valence-electron chi connectivity index (χ3n) is 8.15. The summed E-state index contributed by atoms with van der Waals surface area (Å²) in [5.74, 6) is 2.23. The van der Waals surface area contributed by atoms with E-state index in [1.807, 2.05) is 0 Å². The summed E-state index contributed by atoms with van der Waals surface area (Å²) in [6.07, 6.45) is 12.4. The standard InChI is InChI=1S/C27H38O4Si/c1-17-14-23-21-9-8-19-15-20(29)10-12-26(19,3)22(21)11-13-27(23,4)25(17)24(16-30-18(2)28)31-32(5,6)7/h8,10-12,17,21,23H,9,13-16H2,1-7H3/t17-,21?,23?,26+,27+/m1/s1. The monoisotopic (exact) mass is 454 g/mol. The number of ether oxygens (including phenoxy) is 1. The number of allylic oxidation sites excluding steroid dienone is 7. The van der Waals surface area contributed by atoms with Crippen molar-refractivity contribution < 1.29 is 18.8 Å². The first-order chi connectivity index (χ1) is 14.8. The van der Waals surface area contributed by atoms with Gasteiger partial charge in [0.1, 0.15) is 12.4 Å². The summed E-state index contributed by atoms with van der Waals surface area (Å²) in [4.78, 5) is 23.7. The number of esters is 1. The zero-order valence-electron chi connectivity index (χ0n) is 20.7. The van der Waals surface area contributed by atoms with Crippen LogP contribution < -0.4 is 0 Å². The van der Waals surface area contributed by atoms with Gasteiger partial charge in [-0.2, -0.15) is 0 Å². The highest BCUT2D eigenvalue weighted by molar-refractivity contribution is 6.70. The van der Waals surface area contributed by atoms with Crippen molar-refractivity contribution in [2.24, 2.45) is 28.6 Å². The van der Waals surface area contributed by atoms with Gasteiger partial charge in [-0.05, 0) is 80.6 Å². The molecule has 0 spiro atoms. The fourth-order valence-electron chi connectivity index (χ4n) is 6.89. The lowest BCUT2D eigenvalue weighted by molar-refractivity contribution is -0.140. The highest BCUT2D eigenvalue weighted by Gasteiger charge is 2.56. The van der Waals surface area contributed by atoms with E-state index >= 15 is 0 Å². The average Bonchev–Trinajstić information content (AvgIpc) is 2.95. The van der Waals surface area contributed by atoms with Gasteiger partial charge in [0, 0.05) is 18.8 Å². The minimum Gasteiger partial charge on any atom is -0.545 e. The normalized spacial score (nSPS) is 37.6. The third-order valence-corrected chi connectivity index (χ3v) is 9.01. The molecule has 4 aliphatic carbocycles. The summed E-state index contributed by atoms with van der Waals surface area (Å²) in [7, 11) is -1.87. The van der Waals surface area contributed by atoms with Crippen LogP contribution in [0.15, 0.2) is 46.8 Å². The van der Waals surface area contributed by atoms with Gasteiger partial charge in [0.2, 0.25) is 8.32 Å². The van der Waals surface area contributed by atoms with Gasteiger partial charge >= 0.3 is 5.97 Å². The zero-order valence-corrected chi connectivity index (χ0v) is 21.7. The van der Waals surface area contributed by atoms with Crippen LogP contribution in [0.4, 0.5) is 0 Å². The lowest BCUT2D eigenvalue weighted by Gasteiger charge is -2.50. The molecular weight excluding hydrogens is 416 g/mol. The molecule has 2 unspecified atom stereocenters. The van der Waals surface area contributed by atoms with Gasteiger partial charge in [-0.1, -0.05) is 43.2 Å². The molecule has 0 amide bonds. The first-order valence-electron chi connectivity index (χ1n) is 12.0. The minimum atomic E-state index is -1.87. The number of hydrogen-bond acceptors (Lipinski definition) is 4. The Hall–Kier alpha value is -1.88. The van der Waals surface area contributed by atoms with Crippen molar-refractivity contribution in [1.29, 1.82) is 0 Å². The number of ketones is 1. The van der Waals surface area contributed by atoms with E-state index in [0.29, 0.717) is 24.2 Å². The largest absolute Gasteiger partial charge is 0.545 e. The molecule has 0 heterocycles. The molecule has 4 nitrogen and oxygen atoms in total. The van der Waals surface area contributed by atoms with Crippen LogP contribution in [0.25, 0.3) is 0 Å². The van der Waals surface area contributed by atoms with E-state index in [2.05, 4.69) is 58.6 Å². The summed E-state index contributed by atoms with van der Waals surface area (Å²) in [6.45, 7) is 15.2. The van der Waals surface area contributed by atoms with Crippen molar-refractivity contribution >= 4 is 20.1 Å². The number of hydrogen-bond donors (Lipinski definition) is 0. The maximum atomic E-state index is 12.0. The second-order valence-corrected chi connectivity index (χ2v) is 16.0. The molecule has 0 bridgehead atoms. The van der Waals surface area contributed by atoms with Gasteiger partial charge in [-0.15, -0.1) is 0 Å². The average molecular weight is 455 g/mol. The summed E-state index contributed by atoms with van der Waals surface area (Å²) in [5, 5.41) is 0. The first kappa shape index (κ1) is 23.3. The van der Waals surface area contributed by atoms with Gasteiger partial charge < -0.3 is 9.16 Å². The molecule has 1 fully saturated rings. The fourth-order valence-corrected chi connectivity index (χ4v) is 7.80. The highest BCUT2D eigenvalue weighted by Crippen LogP contribution is 2.65. The zero-order chi connectivity index (χ0) is 23.5. The van der Waals surface area contributed by atoms with E-state index in [4.69, 9.17) is 9.16 Å². The van der Waals surface area contributed by atoms with Crippen LogP contribution in [-0.2, 0) is 18.8 Å². The van der Waals surface area contributed by atoms with Crippen LogP contribution in [0, 0.1) is 28.6 Å². The predicted molar refractivity (Wildman–Crippen MR) is 129 cm³/mol. The molecule has 0 aromatic heterocycles. The Morgan fingerprint density at radius 2 is 1.94 bits per heavy atom. The molecule has 4 aliphatic rings. The number of carbonyl (C=O) groups is 2. The number of fused-ring (bicyclic) bond motifs is 5. The van der Waals surface area contributed by atoms with E-state index in [1.54, 1.807) is 6.08 Å². The molecule has 32 heavy (non-hydrogen) atoms. The summed E-state index contributed by atoms with van der Waals surface area (Å²) < 4.78 is 12.0. The fraction of sp³-hybridized carbons (Fsp3) is 0.630.